The van der Waals surface area contributed by atoms with E-state index in [1.54, 1.807) is 30.3 Å². The Kier molecular flexibility index (Phi) is 4.62. The summed E-state index contributed by atoms with van der Waals surface area (Å²) < 4.78 is 24.0. The highest BCUT2D eigenvalue weighted by atomic mass is 32.2. The molecule has 0 unspecified atom stereocenters. The van der Waals surface area contributed by atoms with E-state index in [1.165, 1.54) is 24.3 Å². The lowest BCUT2D eigenvalue weighted by molar-refractivity contribution is 0.102. The Balaban J connectivity index is 2.37. The second kappa shape index (κ2) is 6.44. The third kappa shape index (κ3) is 3.35. The molecule has 0 fully saturated rings. The molecule has 2 aromatic carbocycles. The van der Waals surface area contributed by atoms with Crippen molar-refractivity contribution in [1.82, 2.24) is 0 Å². The van der Waals surface area contributed by atoms with E-state index in [2.05, 4.69) is 11.9 Å². The van der Waals surface area contributed by atoms with Gasteiger partial charge in [0.05, 0.1) is 11.3 Å². The lowest BCUT2D eigenvalue weighted by Gasteiger charge is -2.10. The smallest absolute Gasteiger partial charge is 0.259 e. The molecule has 114 valence electrons. The SMILES string of the molecule is C=CCS(=O)(=O)c1cccc(C(=O)Nc2ccccc2)c1O. The van der Waals surface area contributed by atoms with Gasteiger partial charge in [-0.25, -0.2) is 8.42 Å². The molecule has 0 atom stereocenters. The number of hydrogen-bond acceptors (Lipinski definition) is 4. The van der Waals surface area contributed by atoms with Crippen LogP contribution in [0.25, 0.3) is 0 Å². The third-order valence-electron chi connectivity index (χ3n) is 2.95. The first-order valence-electron chi connectivity index (χ1n) is 6.48. The van der Waals surface area contributed by atoms with Crippen LogP contribution in [0.4, 0.5) is 5.69 Å². The lowest BCUT2D eigenvalue weighted by atomic mass is 10.2. The van der Waals surface area contributed by atoms with Gasteiger partial charge in [0.1, 0.15) is 10.6 Å². The Morgan fingerprint density at radius 1 is 1.14 bits per heavy atom. The van der Waals surface area contributed by atoms with Gasteiger partial charge < -0.3 is 10.4 Å². The maximum Gasteiger partial charge on any atom is 0.259 e. The van der Waals surface area contributed by atoms with Gasteiger partial charge in [-0.2, -0.15) is 0 Å². The van der Waals surface area contributed by atoms with Gasteiger partial charge in [0.15, 0.2) is 9.84 Å². The Morgan fingerprint density at radius 2 is 1.82 bits per heavy atom. The van der Waals surface area contributed by atoms with Crippen molar-refractivity contribution in [2.24, 2.45) is 0 Å². The molecule has 2 N–H and O–H groups in total. The number of amides is 1. The molecule has 0 aromatic heterocycles. The summed E-state index contributed by atoms with van der Waals surface area (Å²) in [6, 6.07) is 12.7. The first kappa shape index (κ1) is 15.8. The number of nitrogens with one attached hydrogen (secondary N) is 1. The molecule has 0 aliphatic heterocycles. The molecule has 6 heteroatoms. The van der Waals surface area contributed by atoms with Crippen molar-refractivity contribution in [3.8, 4) is 5.75 Å². The minimum absolute atomic E-state index is 0.103. The van der Waals surface area contributed by atoms with Gasteiger partial charge in [0, 0.05) is 5.69 Å². The van der Waals surface area contributed by atoms with Crippen LogP contribution >= 0.6 is 0 Å². The summed E-state index contributed by atoms with van der Waals surface area (Å²) in [4.78, 5) is 11.9. The third-order valence-corrected chi connectivity index (χ3v) is 4.62. The van der Waals surface area contributed by atoms with E-state index in [-0.39, 0.29) is 16.2 Å². The highest BCUT2D eigenvalue weighted by Crippen LogP contribution is 2.28. The zero-order valence-corrected chi connectivity index (χ0v) is 12.5. The summed E-state index contributed by atoms with van der Waals surface area (Å²) in [6.45, 7) is 3.37. The number of carbonyl (C=O) groups is 1. The molecule has 2 rings (SSSR count). The van der Waals surface area contributed by atoms with Crippen molar-refractivity contribution in [2.75, 3.05) is 11.1 Å². The van der Waals surface area contributed by atoms with Crippen molar-refractivity contribution >= 4 is 21.4 Å². The van der Waals surface area contributed by atoms with Crippen molar-refractivity contribution in [1.29, 1.82) is 0 Å². The second-order valence-corrected chi connectivity index (χ2v) is 6.55. The maximum atomic E-state index is 12.2. The van der Waals surface area contributed by atoms with E-state index in [1.807, 2.05) is 0 Å². The van der Waals surface area contributed by atoms with Crippen LogP contribution in [0.1, 0.15) is 10.4 Å². The van der Waals surface area contributed by atoms with Gasteiger partial charge >= 0.3 is 0 Å². The summed E-state index contributed by atoms with van der Waals surface area (Å²) in [5, 5.41) is 12.7. The molecule has 2 aromatic rings. The zero-order valence-electron chi connectivity index (χ0n) is 11.7. The highest BCUT2D eigenvalue weighted by Gasteiger charge is 2.22. The number of phenols is 1. The molecule has 0 saturated heterocycles. The van der Waals surface area contributed by atoms with E-state index in [0.29, 0.717) is 5.69 Å². The molecule has 1 amide bonds. The number of aromatic hydroxyl groups is 1. The number of sulfone groups is 1. The van der Waals surface area contributed by atoms with Crippen molar-refractivity contribution in [3.05, 3.63) is 66.7 Å². The highest BCUT2D eigenvalue weighted by molar-refractivity contribution is 7.91. The first-order valence-corrected chi connectivity index (χ1v) is 8.13. The number of rotatable bonds is 5. The Bertz CT molecular complexity index is 798. The molecular formula is C16H15NO4S. The maximum absolute atomic E-state index is 12.2. The largest absolute Gasteiger partial charge is 0.506 e. The Labute approximate surface area is 128 Å². The number of hydrogen-bond donors (Lipinski definition) is 2. The standard InChI is InChI=1S/C16H15NO4S/c1-2-11-22(20,21)14-10-6-9-13(15(14)18)16(19)17-12-7-4-3-5-8-12/h2-10,18H,1,11H2,(H,17,19). The fourth-order valence-electron chi connectivity index (χ4n) is 1.92. The topological polar surface area (TPSA) is 83.5 Å². The van der Waals surface area contributed by atoms with Crippen LogP contribution in [-0.4, -0.2) is 25.2 Å². The predicted molar refractivity (Wildman–Crippen MR) is 84.8 cm³/mol. The molecular weight excluding hydrogens is 302 g/mol. The lowest BCUT2D eigenvalue weighted by Crippen LogP contribution is -2.14. The molecule has 0 heterocycles. The van der Waals surface area contributed by atoms with Crippen LogP contribution in [0.5, 0.6) is 5.75 Å². The number of carbonyl (C=O) groups excluding carboxylic acids is 1. The first-order chi connectivity index (χ1) is 10.5. The molecule has 0 spiro atoms. The summed E-state index contributed by atoms with van der Waals surface area (Å²) in [6.07, 6.45) is 1.23. The number of benzene rings is 2. The molecule has 0 saturated carbocycles. The van der Waals surface area contributed by atoms with Crippen LogP contribution in [0.15, 0.2) is 66.1 Å². The van der Waals surface area contributed by atoms with Crippen LogP contribution in [-0.2, 0) is 9.84 Å². The zero-order chi connectivity index (χ0) is 16.2. The fourth-order valence-corrected chi connectivity index (χ4v) is 3.10. The minimum Gasteiger partial charge on any atom is -0.506 e. The molecule has 0 bridgehead atoms. The Hall–Kier alpha value is -2.60. The van der Waals surface area contributed by atoms with Crippen LogP contribution in [0.2, 0.25) is 0 Å². The van der Waals surface area contributed by atoms with Crippen LogP contribution in [0, 0.1) is 0 Å². The van der Waals surface area contributed by atoms with Gasteiger partial charge in [0.25, 0.3) is 5.91 Å². The number of anilines is 1. The van der Waals surface area contributed by atoms with Gasteiger partial charge in [-0.15, -0.1) is 6.58 Å². The number of phenolic OH excluding ortho intramolecular Hbond substituents is 1. The predicted octanol–water partition coefficient (Wildman–Crippen LogP) is 2.60. The average molecular weight is 317 g/mol. The molecule has 0 radical (unpaired) electrons. The molecule has 5 nitrogen and oxygen atoms in total. The van der Waals surface area contributed by atoms with E-state index in [4.69, 9.17) is 0 Å². The molecule has 22 heavy (non-hydrogen) atoms. The van der Waals surface area contributed by atoms with Gasteiger partial charge in [-0.1, -0.05) is 30.3 Å². The average Bonchev–Trinajstić information content (AvgIpc) is 2.48. The fraction of sp³-hybridized carbons (Fsp3) is 0.0625. The van der Waals surface area contributed by atoms with E-state index in [0.717, 1.165) is 0 Å². The Morgan fingerprint density at radius 3 is 2.45 bits per heavy atom. The molecule has 0 aliphatic carbocycles. The van der Waals surface area contributed by atoms with E-state index in [9.17, 15) is 18.3 Å². The minimum atomic E-state index is -3.72. The van der Waals surface area contributed by atoms with Gasteiger partial charge in [-0.3, -0.25) is 4.79 Å². The van der Waals surface area contributed by atoms with Crippen molar-refractivity contribution in [2.45, 2.75) is 4.90 Å². The monoisotopic (exact) mass is 317 g/mol. The van der Waals surface area contributed by atoms with Gasteiger partial charge in [-0.05, 0) is 24.3 Å². The summed E-state index contributed by atoms with van der Waals surface area (Å²) in [5.74, 6) is -1.46. The van der Waals surface area contributed by atoms with Crippen molar-refractivity contribution in [3.63, 3.8) is 0 Å². The van der Waals surface area contributed by atoms with Crippen molar-refractivity contribution < 1.29 is 18.3 Å². The van der Waals surface area contributed by atoms with Crippen LogP contribution in [0.3, 0.4) is 0 Å². The van der Waals surface area contributed by atoms with E-state index >= 15 is 0 Å². The summed E-state index contributed by atoms with van der Waals surface area (Å²) in [7, 11) is -3.72. The summed E-state index contributed by atoms with van der Waals surface area (Å²) >= 11 is 0. The molecule has 0 aliphatic rings. The quantitative estimate of drug-likeness (QED) is 0.830. The van der Waals surface area contributed by atoms with Crippen LogP contribution < -0.4 is 5.32 Å². The normalized spacial score (nSPS) is 10.9. The number of para-hydroxylation sites is 2. The summed E-state index contributed by atoms with van der Waals surface area (Å²) in [5.41, 5.74) is 0.445. The van der Waals surface area contributed by atoms with Gasteiger partial charge in [0.2, 0.25) is 0 Å². The second-order valence-electron chi connectivity index (χ2n) is 4.54. The van der Waals surface area contributed by atoms with E-state index < -0.39 is 21.5 Å².